The highest BCUT2D eigenvalue weighted by molar-refractivity contribution is 7.90. The maximum Gasteiger partial charge on any atom is 0.511 e. The van der Waals surface area contributed by atoms with Crippen molar-refractivity contribution in [3.63, 3.8) is 0 Å². The van der Waals surface area contributed by atoms with Crippen LogP contribution in [0.5, 0.6) is 0 Å². The second-order valence-electron chi connectivity index (χ2n) is 3.34. The van der Waals surface area contributed by atoms with Crippen LogP contribution in [0.3, 0.4) is 0 Å². The Morgan fingerprint density at radius 3 is 1.87 bits per heavy atom. The summed E-state index contributed by atoms with van der Waals surface area (Å²) in [5.74, 6) is 0. The highest BCUT2D eigenvalue weighted by Crippen LogP contribution is 2.22. The fraction of sp³-hybridized carbons (Fsp3) is 1.00. The van der Waals surface area contributed by atoms with Crippen LogP contribution in [-0.2, 0) is 10.0 Å². The maximum absolute atomic E-state index is 11.9. The van der Waals surface area contributed by atoms with Gasteiger partial charge < -0.3 is 5.73 Å². The van der Waals surface area contributed by atoms with Crippen LogP contribution in [-0.4, -0.2) is 26.0 Å². The van der Waals surface area contributed by atoms with E-state index < -0.39 is 27.6 Å². The van der Waals surface area contributed by atoms with E-state index in [2.05, 4.69) is 0 Å². The van der Waals surface area contributed by atoms with Crippen molar-refractivity contribution in [1.82, 2.24) is 4.72 Å². The second kappa shape index (κ2) is 4.67. The zero-order chi connectivity index (χ0) is 12.3. The Morgan fingerprint density at radius 2 is 1.60 bits per heavy atom. The van der Waals surface area contributed by atoms with Crippen LogP contribution < -0.4 is 10.5 Å². The number of rotatable bonds is 5. The highest BCUT2D eigenvalue weighted by Gasteiger charge is 2.46. The van der Waals surface area contributed by atoms with E-state index in [0.717, 1.165) is 0 Å². The molecule has 0 aliphatic heterocycles. The van der Waals surface area contributed by atoms with E-state index in [1.165, 1.54) is 4.72 Å². The van der Waals surface area contributed by atoms with Gasteiger partial charge in [-0.1, -0.05) is 13.8 Å². The predicted molar refractivity (Wildman–Crippen MR) is 50.5 cm³/mol. The molecule has 0 atom stereocenters. The Kier molecular flexibility index (Phi) is 4.56. The van der Waals surface area contributed by atoms with E-state index >= 15 is 0 Å². The monoisotopic (exact) mass is 248 g/mol. The number of alkyl halides is 3. The maximum atomic E-state index is 11.9. The molecule has 0 heterocycles. The minimum absolute atomic E-state index is 0.393. The molecule has 8 heteroatoms. The first-order chi connectivity index (χ1) is 6.58. The highest BCUT2D eigenvalue weighted by atomic mass is 32.2. The minimum atomic E-state index is -5.28. The Bertz CT molecular complexity index is 296. The molecule has 15 heavy (non-hydrogen) atoms. The lowest BCUT2D eigenvalue weighted by Gasteiger charge is -2.26. The van der Waals surface area contributed by atoms with E-state index in [1.807, 2.05) is 0 Å². The number of nitrogens with one attached hydrogen (secondary N) is 1. The first-order valence-corrected chi connectivity index (χ1v) is 5.91. The van der Waals surface area contributed by atoms with Crippen molar-refractivity contribution in [3.05, 3.63) is 0 Å². The molecular weight excluding hydrogens is 233 g/mol. The van der Waals surface area contributed by atoms with E-state index in [-0.39, 0.29) is 0 Å². The van der Waals surface area contributed by atoms with Crippen molar-refractivity contribution in [1.29, 1.82) is 0 Å². The van der Waals surface area contributed by atoms with Gasteiger partial charge in [0.15, 0.2) is 0 Å². The Labute approximate surface area is 87.1 Å². The molecule has 0 aliphatic rings. The zero-order valence-corrected chi connectivity index (χ0v) is 9.37. The molecule has 0 saturated heterocycles. The van der Waals surface area contributed by atoms with Gasteiger partial charge in [-0.25, -0.2) is 13.1 Å². The summed E-state index contributed by atoms with van der Waals surface area (Å²) in [5.41, 5.74) is -0.562. The fourth-order valence-corrected chi connectivity index (χ4v) is 1.46. The minimum Gasteiger partial charge on any atom is -0.324 e. The fourth-order valence-electron chi connectivity index (χ4n) is 0.821. The summed E-state index contributed by atoms with van der Waals surface area (Å²) in [5, 5.41) is 0. The Balaban J connectivity index is 4.53. The molecular formula is C7H15F3N2O2S. The van der Waals surface area contributed by atoms with Crippen molar-refractivity contribution < 1.29 is 21.6 Å². The van der Waals surface area contributed by atoms with Gasteiger partial charge in [0.25, 0.3) is 0 Å². The van der Waals surface area contributed by atoms with Crippen molar-refractivity contribution in [2.45, 2.75) is 37.7 Å². The van der Waals surface area contributed by atoms with Crippen LogP contribution >= 0.6 is 0 Å². The van der Waals surface area contributed by atoms with Gasteiger partial charge in [-0.2, -0.15) is 13.2 Å². The number of hydrogen-bond donors (Lipinski definition) is 2. The van der Waals surface area contributed by atoms with Gasteiger partial charge in [-0.15, -0.1) is 0 Å². The lowest BCUT2D eigenvalue weighted by molar-refractivity contribution is -0.0448. The third kappa shape index (κ3) is 3.96. The van der Waals surface area contributed by atoms with Crippen LogP contribution in [0.25, 0.3) is 0 Å². The standard InChI is InChI=1S/C7H15F3N2O2S/c1-3-6(11,4-2)5-12-15(13,14)7(8,9)10/h12H,3-5,11H2,1-2H3. The predicted octanol–water partition coefficient (Wildman–Crippen LogP) is 0.943. The lowest BCUT2D eigenvalue weighted by Crippen LogP contribution is -2.51. The largest absolute Gasteiger partial charge is 0.511 e. The molecule has 92 valence electrons. The molecule has 3 N–H and O–H groups in total. The SMILES string of the molecule is CCC(N)(CC)CNS(=O)(=O)C(F)(F)F. The smallest absolute Gasteiger partial charge is 0.324 e. The topological polar surface area (TPSA) is 72.2 Å². The molecule has 0 spiro atoms. The van der Waals surface area contributed by atoms with Crippen molar-refractivity contribution in [2.24, 2.45) is 5.73 Å². The number of halogens is 3. The molecule has 0 bridgehead atoms. The van der Waals surface area contributed by atoms with E-state index in [9.17, 15) is 21.6 Å². The molecule has 0 aromatic carbocycles. The molecule has 0 fully saturated rings. The molecule has 0 aromatic heterocycles. The average Bonchev–Trinajstić information content (AvgIpc) is 2.13. The van der Waals surface area contributed by atoms with E-state index in [0.29, 0.717) is 12.8 Å². The third-order valence-electron chi connectivity index (χ3n) is 2.33. The summed E-state index contributed by atoms with van der Waals surface area (Å²) in [4.78, 5) is 0. The first kappa shape index (κ1) is 14.7. The van der Waals surface area contributed by atoms with Gasteiger partial charge in [0.1, 0.15) is 0 Å². The van der Waals surface area contributed by atoms with Crippen LogP contribution in [0.1, 0.15) is 26.7 Å². The molecule has 0 unspecified atom stereocenters. The van der Waals surface area contributed by atoms with Gasteiger partial charge in [0, 0.05) is 12.1 Å². The Morgan fingerprint density at radius 1 is 1.20 bits per heavy atom. The van der Waals surface area contributed by atoms with Crippen LogP contribution in [0, 0.1) is 0 Å². The van der Waals surface area contributed by atoms with Crippen molar-refractivity contribution in [3.8, 4) is 0 Å². The summed E-state index contributed by atoms with van der Waals surface area (Å²) >= 11 is 0. The summed E-state index contributed by atoms with van der Waals surface area (Å²) in [7, 11) is -5.28. The third-order valence-corrected chi connectivity index (χ3v) is 3.46. The molecule has 0 aromatic rings. The van der Waals surface area contributed by atoms with Gasteiger partial charge in [0.2, 0.25) is 0 Å². The quantitative estimate of drug-likeness (QED) is 0.760. The van der Waals surface area contributed by atoms with Crippen LogP contribution in [0.15, 0.2) is 0 Å². The lowest BCUT2D eigenvalue weighted by atomic mass is 9.95. The van der Waals surface area contributed by atoms with Crippen LogP contribution in [0.4, 0.5) is 13.2 Å². The van der Waals surface area contributed by atoms with Gasteiger partial charge in [-0.05, 0) is 12.8 Å². The summed E-state index contributed by atoms with van der Waals surface area (Å²) in [6, 6.07) is 0. The summed E-state index contributed by atoms with van der Waals surface area (Å²) in [6.45, 7) is 2.96. The first-order valence-electron chi connectivity index (χ1n) is 4.43. The number of hydrogen-bond acceptors (Lipinski definition) is 3. The normalized spacial score (nSPS) is 14.3. The number of sulfonamides is 1. The molecule has 0 amide bonds. The van der Waals surface area contributed by atoms with E-state index in [4.69, 9.17) is 5.73 Å². The van der Waals surface area contributed by atoms with Crippen molar-refractivity contribution >= 4 is 10.0 Å². The second-order valence-corrected chi connectivity index (χ2v) is 5.10. The van der Waals surface area contributed by atoms with Gasteiger partial charge in [0.05, 0.1) is 0 Å². The number of nitrogens with two attached hydrogens (primary N) is 1. The average molecular weight is 248 g/mol. The van der Waals surface area contributed by atoms with Gasteiger partial charge in [-0.3, -0.25) is 0 Å². The molecule has 0 rings (SSSR count). The molecule has 0 saturated carbocycles. The van der Waals surface area contributed by atoms with E-state index in [1.54, 1.807) is 13.8 Å². The van der Waals surface area contributed by atoms with Crippen molar-refractivity contribution in [2.75, 3.05) is 6.54 Å². The molecule has 4 nitrogen and oxygen atoms in total. The Hall–Kier alpha value is -0.340. The summed E-state index contributed by atoms with van der Waals surface area (Å²) < 4.78 is 58.5. The van der Waals surface area contributed by atoms with Crippen LogP contribution in [0.2, 0.25) is 0 Å². The summed E-state index contributed by atoms with van der Waals surface area (Å²) in [6.07, 6.45) is 0.785. The van der Waals surface area contributed by atoms with Gasteiger partial charge >= 0.3 is 15.5 Å². The zero-order valence-electron chi connectivity index (χ0n) is 8.56. The molecule has 0 aliphatic carbocycles. The molecule has 0 radical (unpaired) electrons.